The van der Waals surface area contributed by atoms with Gasteiger partial charge in [0.05, 0.1) is 6.04 Å². The summed E-state index contributed by atoms with van der Waals surface area (Å²) in [6.07, 6.45) is 16.7. The average Bonchev–Trinajstić information content (AvgIpc) is 3.78. The molecule has 2 aliphatic carbocycles. The van der Waals surface area contributed by atoms with Crippen molar-refractivity contribution in [3.63, 3.8) is 0 Å². The normalized spacial score (nSPS) is 16.6. The second-order valence-corrected chi connectivity index (χ2v) is 14.8. The molecule has 3 aromatic carbocycles. The first kappa shape index (κ1) is 33.0. The van der Waals surface area contributed by atoms with Gasteiger partial charge in [0.1, 0.15) is 10.7 Å². The quantitative estimate of drug-likeness (QED) is 0.117. The van der Waals surface area contributed by atoms with Gasteiger partial charge in [-0.25, -0.2) is 4.68 Å². The first-order valence-electron chi connectivity index (χ1n) is 13.9. The topological polar surface area (TPSA) is 30.7 Å². The van der Waals surface area contributed by atoms with Crippen LogP contribution in [0.5, 0.6) is 0 Å². The van der Waals surface area contributed by atoms with E-state index in [9.17, 15) is 0 Å². The van der Waals surface area contributed by atoms with Gasteiger partial charge in [-0.15, -0.1) is 5.10 Å². The Balaban J connectivity index is 0.000000612. The van der Waals surface area contributed by atoms with Crippen molar-refractivity contribution >= 4 is 30.3 Å². The zero-order chi connectivity index (χ0) is 28.7. The van der Waals surface area contributed by atoms with Crippen molar-refractivity contribution in [2.75, 3.05) is 0 Å². The first-order chi connectivity index (χ1) is 19.9. The van der Waals surface area contributed by atoms with Crippen LogP contribution in [-0.4, -0.2) is 19.7 Å². The Morgan fingerprint density at radius 2 is 1.19 bits per heavy atom. The molecule has 6 heteroatoms. The minimum atomic E-state index is -0.694. The Hall–Kier alpha value is -1.90. The molecule has 1 aromatic heterocycles. The molecule has 4 aromatic rings. The fraction of sp³-hybridized carbons (Fsp3) is 0.167. The second kappa shape index (κ2) is 15.7. The van der Waals surface area contributed by atoms with Crippen LogP contribution in [0.25, 0.3) is 11.3 Å². The van der Waals surface area contributed by atoms with Crippen LogP contribution in [0.1, 0.15) is 33.7 Å². The maximum absolute atomic E-state index is 4.73. The van der Waals surface area contributed by atoms with Gasteiger partial charge >= 0.3 is 17.1 Å². The maximum atomic E-state index is 4.73. The van der Waals surface area contributed by atoms with Gasteiger partial charge in [0, 0.05) is 21.9 Å². The van der Waals surface area contributed by atoms with E-state index in [1.165, 1.54) is 22.2 Å². The summed E-state index contributed by atoms with van der Waals surface area (Å²) in [7, 11) is -0.694. The molecule has 1 atom stereocenters. The van der Waals surface area contributed by atoms with Gasteiger partial charge in [0.2, 0.25) is 0 Å². The third kappa shape index (κ3) is 8.38. The Labute approximate surface area is 269 Å². The number of hydrogen-bond donors (Lipinski definition) is 0. The van der Waals surface area contributed by atoms with Crippen molar-refractivity contribution in [1.82, 2.24) is 15.0 Å². The molecular weight excluding hydrogens is 593 g/mol. The van der Waals surface area contributed by atoms with Crippen molar-refractivity contribution in [2.24, 2.45) is 0 Å². The van der Waals surface area contributed by atoms with Crippen molar-refractivity contribution in [3.05, 3.63) is 154 Å². The first-order valence-corrected chi connectivity index (χ1v) is 16.1. The van der Waals surface area contributed by atoms with Crippen LogP contribution in [0.4, 0.5) is 0 Å². The van der Waals surface area contributed by atoms with Gasteiger partial charge in [-0.05, 0) is 76.8 Å². The summed E-state index contributed by atoms with van der Waals surface area (Å²) in [4.78, 5) is 0. The van der Waals surface area contributed by atoms with E-state index in [1.807, 2.05) is 49.9 Å². The molecule has 0 unspecified atom stereocenters. The van der Waals surface area contributed by atoms with Crippen LogP contribution >= 0.6 is 19.7 Å². The predicted octanol–water partition coefficient (Wildman–Crippen LogP) is 8.28. The third-order valence-corrected chi connectivity index (χ3v) is 10.3. The summed E-state index contributed by atoms with van der Waals surface area (Å²) in [6.45, 7) is 8.98. The van der Waals surface area contributed by atoms with E-state index in [0.717, 1.165) is 16.3 Å². The van der Waals surface area contributed by atoms with E-state index in [1.54, 1.807) is 0 Å². The Morgan fingerprint density at radius 1 is 0.690 bits per heavy atom. The zero-order valence-electron chi connectivity index (χ0n) is 24.4. The molecule has 2 saturated carbocycles. The maximum Gasteiger partial charge on any atom is 2.00 e. The minimum absolute atomic E-state index is 0. The summed E-state index contributed by atoms with van der Waals surface area (Å²) in [5, 5.41) is 13.2. The minimum Gasteiger partial charge on any atom is -0.235 e. The SMILES string of the molecule is C[C@H]([C]1[CH][CH][CH][C]1P(c1ccccc1)c1ccccc1)n1nnc(-c2ccccc2)c1SC(C)(C)C.[CH]1[CH][CH][CH][CH]1.[Fe+2]. The van der Waals surface area contributed by atoms with Gasteiger partial charge < -0.3 is 0 Å². The fourth-order valence-corrected chi connectivity index (χ4v) is 8.39. The predicted molar refractivity (Wildman–Crippen MR) is 176 cm³/mol. The van der Waals surface area contributed by atoms with E-state index in [2.05, 4.69) is 142 Å². The Kier molecular flexibility index (Phi) is 12.3. The van der Waals surface area contributed by atoms with Crippen LogP contribution in [0, 0.1) is 62.9 Å². The van der Waals surface area contributed by atoms with Crippen molar-refractivity contribution in [1.29, 1.82) is 0 Å². The van der Waals surface area contributed by atoms with Gasteiger partial charge in [-0.3, -0.25) is 0 Å². The Bertz CT molecular complexity index is 1290. The number of benzene rings is 3. The molecule has 0 aliphatic heterocycles. The molecule has 0 spiro atoms. The number of aromatic nitrogens is 3. The number of nitrogens with zero attached hydrogens (tertiary/aromatic N) is 3. The smallest absolute Gasteiger partial charge is 0.235 e. The molecule has 0 bridgehead atoms. The number of hydrogen-bond acceptors (Lipinski definition) is 3. The molecule has 2 fully saturated rings. The van der Waals surface area contributed by atoms with Gasteiger partial charge in [-0.1, -0.05) is 129 Å². The average molecular weight is 630 g/mol. The van der Waals surface area contributed by atoms with Crippen LogP contribution in [-0.2, 0) is 17.1 Å². The summed E-state index contributed by atoms with van der Waals surface area (Å²) >= 11 is 1.83. The molecule has 3 nitrogen and oxygen atoms in total. The fourth-order valence-electron chi connectivity index (χ4n) is 4.72. The van der Waals surface area contributed by atoms with Crippen LogP contribution < -0.4 is 10.6 Å². The van der Waals surface area contributed by atoms with E-state index in [4.69, 9.17) is 5.21 Å². The zero-order valence-corrected chi connectivity index (χ0v) is 27.2. The molecule has 0 N–H and O–H groups in total. The molecule has 42 heavy (non-hydrogen) atoms. The largest absolute Gasteiger partial charge is 2.00 e. The van der Waals surface area contributed by atoms with Crippen molar-refractivity contribution in [3.8, 4) is 11.3 Å². The monoisotopic (exact) mass is 629 g/mol. The second-order valence-electron chi connectivity index (χ2n) is 10.8. The van der Waals surface area contributed by atoms with Crippen molar-refractivity contribution < 1.29 is 17.1 Å². The van der Waals surface area contributed by atoms with Gasteiger partial charge in [0.25, 0.3) is 0 Å². The van der Waals surface area contributed by atoms with E-state index < -0.39 is 7.92 Å². The molecule has 10 radical (unpaired) electrons. The molecular formula is C36H36FeN3PS+2. The standard InChI is InChI=1S/C31H31N3PS.C5H5.Fe/c1-23(34-30(36-31(2,3)4)29(32-33-34)24-15-8-5-9-16-24)27-21-14-22-28(27)35(25-17-10-6-11-18-25)26-19-12-7-13-20-26;1-2-4-5-3-1;/h5-23H,1-4H3;1-5H;/q;;+2/t23-;;/m1../s1. The number of rotatable bonds is 7. The summed E-state index contributed by atoms with van der Waals surface area (Å²) in [5.41, 5.74) is 3.42. The molecule has 212 valence electrons. The van der Waals surface area contributed by atoms with E-state index >= 15 is 0 Å². The van der Waals surface area contributed by atoms with E-state index in [0.29, 0.717) is 0 Å². The number of thioether (sulfide) groups is 1. The van der Waals surface area contributed by atoms with Crippen LogP contribution in [0.2, 0.25) is 0 Å². The molecule has 0 saturated heterocycles. The van der Waals surface area contributed by atoms with E-state index in [-0.39, 0.29) is 27.9 Å². The van der Waals surface area contributed by atoms with Crippen LogP contribution in [0.15, 0.2) is 96.0 Å². The molecule has 6 rings (SSSR count). The summed E-state index contributed by atoms with van der Waals surface area (Å²) in [5.74, 6) is 1.30. The Morgan fingerprint density at radius 3 is 1.69 bits per heavy atom. The van der Waals surface area contributed by atoms with Crippen molar-refractivity contribution in [2.45, 2.75) is 43.5 Å². The molecule has 2 aliphatic rings. The van der Waals surface area contributed by atoms with Crippen LogP contribution in [0.3, 0.4) is 0 Å². The summed E-state index contributed by atoms with van der Waals surface area (Å²) in [6, 6.07) is 32.2. The van der Waals surface area contributed by atoms with Gasteiger partial charge in [-0.2, -0.15) is 0 Å². The molecule has 1 heterocycles. The summed E-state index contributed by atoms with van der Waals surface area (Å²) < 4.78 is 2.15. The van der Waals surface area contributed by atoms with Gasteiger partial charge in [0.15, 0.2) is 0 Å². The molecule has 0 amide bonds. The third-order valence-electron chi connectivity index (χ3n) is 6.57.